The van der Waals surface area contributed by atoms with Gasteiger partial charge in [-0.15, -0.1) is 10.2 Å². The van der Waals surface area contributed by atoms with E-state index in [1.165, 1.54) is 0 Å². The molecule has 1 heterocycles. The monoisotopic (exact) mass is 264 g/mol. The van der Waals surface area contributed by atoms with Gasteiger partial charge in [0, 0.05) is 26.2 Å². The largest absolute Gasteiger partial charge is 0.385 e. The number of methoxy groups -OCH3 is 1. The van der Waals surface area contributed by atoms with Gasteiger partial charge in [-0.3, -0.25) is 4.79 Å². The van der Waals surface area contributed by atoms with Crippen molar-refractivity contribution in [1.82, 2.24) is 10.2 Å². The zero-order valence-electron chi connectivity index (χ0n) is 11.2. The molecule has 1 aliphatic rings. The fourth-order valence-corrected chi connectivity index (χ4v) is 1.82. The molecule has 0 atom stereocenters. The van der Waals surface area contributed by atoms with Crippen LogP contribution in [0.5, 0.6) is 0 Å². The molecule has 0 unspecified atom stereocenters. The summed E-state index contributed by atoms with van der Waals surface area (Å²) < 4.78 is 4.96. The van der Waals surface area contributed by atoms with Crippen molar-refractivity contribution in [3.63, 3.8) is 0 Å². The summed E-state index contributed by atoms with van der Waals surface area (Å²) in [5, 5.41) is 13.9. The minimum Gasteiger partial charge on any atom is -0.385 e. The number of anilines is 2. The molecule has 0 spiro atoms. The van der Waals surface area contributed by atoms with Crippen LogP contribution in [0.15, 0.2) is 12.1 Å². The molecule has 0 radical (unpaired) electrons. The second-order valence-corrected chi connectivity index (χ2v) is 4.69. The second kappa shape index (κ2) is 7.04. The Hall–Kier alpha value is -1.69. The average molecular weight is 264 g/mol. The molecule has 0 bridgehead atoms. The number of nitrogens with zero attached hydrogens (tertiary/aromatic N) is 2. The fourth-order valence-electron chi connectivity index (χ4n) is 1.82. The fraction of sp³-hybridized carbons (Fsp3) is 0.615. The van der Waals surface area contributed by atoms with E-state index in [0.29, 0.717) is 11.6 Å². The van der Waals surface area contributed by atoms with E-state index in [0.717, 1.165) is 38.8 Å². The van der Waals surface area contributed by atoms with Gasteiger partial charge in [-0.2, -0.15) is 0 Å². The van der Waals surface area contributed by atoms with Crippen LogP contribution < -0.4 is 10.6 Å². The Morgan fingerprint density at radius 2 is 2.11 bits per heavy atom. The molecular formula is C13H20N4O2. The van der Waals surface area contributed by atoms with Crippen LogP contribution in [0.25, 0.3) is 0 Å². The molecule has 1 aromatic rings. The van der Waals surface area contributed by atoms with Crippen LogP contribution >= 0.6 is 0 Å². The van der Waals surface area contributed by atoms with Crippen molar-refractivity contribution < 1.29 is 9.53 Å². The summed E-state index contributed by atoms with van der Waals surface area (Å²) in [5.41, 5.74) is 0. The molecule has 1 aromatic heterocycles. The van der Waals surface area contributed by atoms with Crippen LogP contribution in [0, 0.1) is 5.92 Å². The Balaban J connectivity index is 1.75. The Kier molecular flexibility index (Phi) is 5.09. The van der Waals surface area contributed by atoms with Crippen LogP contribution in [-0.4, -0.2) is 36.4 Å². The van der Waals surface area contributed by atoms with Gasteiger partial charge in [-0.1, -0.05) is 6.42 Å². The SMILES string of the molecule is COCCCNc1ccc(NC(=O)C2CCC2)nn1. The van der Waals surface area contributed by atoms with Crippen molar-refractivity contribution in [2.45, 2.75) is 25.7 Å². The lowest BCUT2D eigenvalue weighted by Gasteiger charge is -2.23. The molecule has 1 amide bonds. The van der Waals surface area contributed by atoms with Gasteiger partial charge in [0.15, 0.2) is 5.82 Å². The van der Waals surface area contributed by atoms with Gasteiger partial charge in [0.2, 0.25) is 5.91 Å². The van der Waals surface area contributed by atoms with Gasteiger partial charge in [0.25, 0.3) is 0 Å². The number of hydrogen-bond acceptors (Lipinski definition) is 5. The number of aromatic nitrogens is 2. The number of hydrogen-bond donors (Lipinski definition) is 2. The van der Waals surface area contributed by atoms with Crippen molar-refractivity contribution >= 4 is 17.5 Å². The molecule has 6 heteroatoms. The van der Waals surface area contributed by atoms with Crippen LogP contribution in [0.1, 0.15) is 25.7 Å². The Labute approximate surface area is 112 Å². The third kappa shape index (κ3) is 4.17. The molecule has 0 aromatic carbocycles. The lowest BCUT2D eigenvalue weighted by Crippen LogP contribution is -2.28. The highest BCUT2D eigenvalue weighted by molar-refractivity contribution is 5.92. The Morgan fingerprint density at radius 3 is 2.68 bits per heavy atom. The number of nitrogens with one attached hydrogen (secondary N) is 2. The number of amides is 1. The minimum absolute atomic E-state index is 0.0568. The summed E-state index contributed by atoms with van der Waals surface area (Å²) in [6.07, 6.45) is 4.03. The first kappa shape index (κ1) is 13.7. The molecular weight excluding hydrogens is 244 g/mol. The summed E-state index contributed by atoms with van der Waals surface area (Å²) in [4.78, 5) is 11.7. The van der Waals surface area contributed by atoms with Crippen molar-refractivity contribution in [1.29, 1.82) is 0 Å². The zero-order valence-corrected chi connectivity index (χ0v) is 11.2. The average Bonchev–Trinajstić information content (AvgIpc) is 2.34. The summed E-state index contributed by atoms with van der Waals surface area (Å²) in [5.74, 6) is 1.44. The number of carbonyl (C=O) groups excluding carboxylic acids is 1. The van der Waals surface area contributed by atoms with Crippen molar-refractivity contribution in [3.05, 3.63) is 12.1 Å². The normalized spacial score (nSPS) is 14.8. The Morgan fingerprint density at radius 1 is 1.37 bits per heavy atom. The molecule has 6 nitrogen and oxygen atoms in total. The van der Waals surface area contributed by atoms with Crippen LogP contribution in [0.4, 0.5) is 11.6 Å². The molecule has 0 aliphatic heterocycles. The van der Waals surface area contributed by atoms with E-state index in [1.807, 2.05) is 6.07 Å². The van der Waals surface area contributed by atoms with Gasteiger partial charge >= 0.3 is 0 Å². The van der Waals surface area contributed by atoms with Crippen molar-refractivity contribution in [2.75, 3.05) is 30.9 Å². The van der Waals surface area contributed by atoms with E-state index >= 15 is 0 Å². The zero-order chi connectivity index (χ0) is 13.5. The van der Waals surface area contributed by atoms with Crippen molar-refractivity contribution in [3.8, 4) is 0 Å². The van der Waals surface area contributed by atoms with E-state index in [-0.39, 0.29) is 11.8 Å². The number of carbonyl (C=O) groups is 1. The minimum atomic E-state index is 0.0568. The van der Waals surface area contributed by atoms with Gasteiger partial charge < -0.3 is 15.4 Å². The third-order valence-corrected chi connectivity index (χ3v) is 3.22. The molecule has 2 rings (SSSR count). The van der Waals surface area contributed by atoms with Gasteiger partial charge in [0.1, 0.15) is 5.82 Å². The standard InChI is InChI=1S/C13H20N4O2/c1-19-9-3-8-14-11-6-7-12(17-16-11)15-13(18)10-4-2-5-10/h6-7,10H,2-5,8-9H2,1H3,(H,14,16)(H,15,17,18). The van der Waals surface area contributed by atoms with E-state index in [9.17, 15) is 4.79 Å². The summed E-state index contributed by atoms with van der Waals surface area (Å²) in [7, 11) is 1.68. The van der Waals surface area contributed by atoms with Gasteiger partial charge in [0.05, 0.1) is 0 Å². The number of rotatable bonds is 7. The van der Waals surface area contributed by atoms with Crippen molar-refractivity contribution in [2.24, 2.45) is 5.92 Å². The molecule has 0 saturated heterocycles. The van der Waals surface area contributed by atoms with Gasteiger partial charge in [-0.25, -0.2) is 0 Å². The molecule has 1 fully saturated rings. The first-order valence-corrected chi connectivity index (χ1v) is 6.67. The predicted molar refractivity (Wildman–Crippen MR) is 73.0 cm³/mol. The van der Waals surface area contributed by atoms with Crippen LogP contribution in [0.2, 0.25) is 0 Å². The molecule has 2 N–H and O–H groups in total. The maximum atomic E-state index is 11.7. The first-order valence-electron chi connectivity index (χ1n) is 6.67. The molecule has 19 heavy (non-hydrogen) atoms. The molecule has 104 valence electrons. The highest BCUT2D eigenvalue weighted by Crippen LogP contribution is 2.27. The molecule has 1 saturated carbocycles. The van der Waals surface area contributed by atoms with Crippen LogP contribution in [-0.2, 0) is 9.53 Å². The lowest BCUT2D eigenvalue weighted by atomic mass is 9.85. The smallest absolute Gasteiger partial charge is 0.228 e. The second-order valence-electron chi connectivity index (χ2n) is 4.69. The predicted octanol–water partition coefficient (Wildman–Crippen LogP) is 1.66. The topological polar surface area (TPSA) is 76.1 Å². The first-order chi connectivity index (χ1) is 9.29. The van der Waals surface area contributed by atoms with E-state index in [2.05, 4.69) is 20.8 Å². The highest BCUT2D eigenvalue weighted by Gasteiger charge is 2.25. The molecule has 1 aliphatic carbocycles. The summed E-state index contributed by atoms with van der Waals surface area (Å²) in [6.45, 7) is 1.51. The maximum Gasteiger partial charge on any atom is 0.228 e. The highest BCUT2D eigenvalue weighted by atomic mass is 16.5. The van der Waals surface area contributed by atoms with E-state index < -0.39 is 0 Å². The van der Waals surface area contributed by atoms with Gasteiger partial charge in [-0.05, 0) is 31.4 Å². The number of ether oxygens (including phenoxy) is 1. The Bertz CT molecular complexity index is 404. The van der Waals surface area contributed by atoms with E-state index in [4.69, 9.17) is 4.74 Å². The quantitative estimate of drug-likeness (QED) is 0.732. The maximum absolute atomic E-state index is 11.7. The summed E-state index contributed by atoms with van der Waals surface area (Å²) in [6, 6.07) is 3.58. The lowest BCUT2D eigenvalue weighted by molar-refractivity contribution is -0.122. The summed E-state index contributed by atoms with van der Waals surface area (Å²) >= 11 is 0. The van der Waals surface area contributed by atoms with Crippen LogP contribution in [0.3, 0.4) is 0 Å². The third-order valence-electron chi connectivity index (χ3n) is 3.22. The van der Waals surface area contributed by atoms with E-state index in [1.54, 1.807) is 13.2 Å².